The molecule has 84 valence electrons. The van der Waals surface area contributed by atoms with Gasteiger partial charge in [-0.05, 0) is 38.0 Å². The van der Waals surface area contributed by atoms with Crippen LogP contribution in [0.1, 0.15) is 24.2 Å². The van der Waals surface area contributed by atoms with Crippen LogP contribution in [0.3, 0.4) is 0 Å². The van der Waals surface area contributed by atoms with Crippen molar-refractivity contribution in [2.45, 2.75) is 13.8 Å². The third kappa shape index (κ3) is 2.77. The molecule has 0 aromatic heterocycles. The molecule has 1 aromatic rings. The van der Waals surface area contributed by atoms with E-state index in [1.165, 1.54) is 0 Å². The maximum absolute atomic E-state index is 11.3. The van der Waals surface area contributed by atoms with Crippen LogP contribution >= 0.6 is 0 Å². The second-order valence-corrected chi connectivity index (χ2v) is 3.00. The van der Waals surface area contributed by atoms with Gasteiger partial charge in [0.25, 0.3) is 0 Å². The van der Waals surface area contributed by atoms with Crippen molar-refractivity contribution in [2.75, 3.05) is 13.2 Å². The maximum atomic E-state index is 11.3. The number of terminal acetylenes is 1. The van der Waals surface area contributed by atoms with Gasteiger partial charge in [0.2, 0.25) is 5.78 Å². The van der Waals surface area contributed by atoms with Crippen molar-refractivity contribution < 1.29 is 14.3 Å². The molecule has 0 spiro atoms. The first-order chi connectivity index (χ1) is 7.72. The van der Waals surface area contributed by atoms with Gasteiger partial charge < -0.3 is 9.47 Å². The summed E-state index contributed by atoms with van der Waals surface area (Å²) in [5, 5.41) is 0. The number of ketones is 1. The monoisotopic (exact) mass is 218 g/mol. The molecule has 0 aliphatic carbocycles. The fourth-order valence-corrected chi connectivity index (χ4v) is 1.28. The highest BCUT2D eigenvalue weighted by Crippen LogP contribution is 2.28. The summed E-state index contributed by atoms with van der Waals surface area (Å²) >= 11 is 0. The summed E-state index contributed by atoms with van der Waals surface area (Å²) in [4.78, 5) is 11.3. The maximum Gasteiger partial charge on any atom is 0.235 e. The molecule has 0 unspecified atom stereocenters. The van der Waals surface area contributed by atoms with E-state index >= 15 is 0 Å². The number of ether oxygens (including phenoxy) is 2. The van der Waals surface area contributed by atoms with Crippen LogP contribution in [0.25, 0.3) is 0 Å². The summed E-state index contributed by atoms with van der Waals surface area (Å²) in [5.74, 6) is 2.88. The molecule has 0 atom stereocenters. The van der Waals surface area contributed by atoms with Gasteiger partial charge >= 0.3 is 0 Å². The predicted octanol–water partition coefficient (Wildman–Crippen LogP) is 2.30. The molecule has 0 radical (unpaired) electrons. The lowest BCUT2D eigenvalue weighted by molar-refractivity contribution is 0.105. The standard InChI is InChI=1S/C13H14O3/c1-4-11(14)10-7-8-12(15-5-2)13(9-10)16-6-3/h1,7-9H,5-6H2,2-3H3. The van der Waals surface area contributed by atoms with E-state index in [0.717, 1.165) is 0 Å². The van der Waals surface area contributed by atoms with Gasteiger partial charge in [-0.3, -0.25) is 4.79 Å². The molecular formula is C13H14O3. The second-order valence-electron chi connectivity index (χ2n) is 3.00. The van der Waals surface area contributed by atoms with Crippen molar-refractivity contribution in [3.05, 3.63) is 23.8 Å². The third-order valence-corrected chi connectivity index (χ3v) is 1.94. The van der Waals surface area contributed by atoms with Gasteiger partial charge in [0.15, 0.2) is 11.5 Å². The Bertz CT molecular complexity index is 416. The summed E-state index contributed by atoms with van der Waals surface area (Å²) in [7, 11) is 0. The molecule has 0 bridgehead atoms. The van der Waals surface area contributed by atoms with Gasteiger partial charge in [0, 0.05) is 5.56 Å². The minimum Gasteiger partial charge on any atom is -0.490 e. The Morgan fingerprint density at radius 1 is 1.25 bits per heavy atom. The smallest absolute Gasteiger partial charge is 0.235 e. The number of carbonyl (C=O) groups is 1. The minimum absolute atomic E-state index is 0.357. The molecule has 16 heavy (non-hydrogen) atoms. The van der Waals surface area contributed by atoms with Crippen molar-refractivity contribution in [3.8, 4) is 23.8 Å². The van der Waals surface area contributed by atoms with E-state index in [1.807, 2.05) is 13.8 Å². The van der Waals surface area contributed by atoms with E-state index in [9.17, 15) is 4.79 Å². The molecule has 1 rings (SSSR count). The summed E-state index contributed by atoms with van der Waals surface area (Å²) in [6.07, 6.45) is 5.05. The molecular weight excluding hydrogens is 204 g/mol. The minimum atomic E-state index is -0.357. The van der Waals surface area contributed by atoms with Gasteiger partial charge in [-0.1, -0.05) is 0 Å². The Balaban J connectivity index is 3.07. The Morgan fingerprint density at radius 3 is 2.44 bits per heavy atom. The quantitative estimate of drug-likeness (QED) is 0.432. The molecule has 0 N–H and O–H groups in total. The number of carbonyl (C=O) groups excluding carboxylic acids is 1. The van der Waals surface area contributed by atoms with E-state index in [2.05, 4.69) is 5.92 Å². The van der Waals surface area contributed by atoms with Crippen molar-refractivity contribution in [1.29, 1.82) is 0 Å². The zero-order valence-electron chi connectivity index (χ0n) is 9.45. The lowest BCUT2D eigenvalue weighted by Gasteiger charge is -2.11. The SMILES string of the molecule is C#CC(=O)c1ccc(OCC)c(OCC)c1. The fraction of sp³-hybridized carbons (Fsp3) is 0.308. The normalized spacial score (nSPS) is 9.31. The number of hydrogen-bond donors (Lipinski definition) is 0. The highest BCUT2D eigenvalue weighted by Gasteiger charge is 2.09. The average molecular weight is 218 g/mol. The zero-order chi connectivity index (χ0) is 12.0. The van der Waals surface area contributed by atoms with E-state index < -0.39 is 0 Å². The Kier molecular flexibility index (Phi) is 4.41. The molecule has 0 aliphatic rings. The lowest BCUT2D eigenvalue weighted by Crippen LogP contribution is -2.01. The number of Topliss-reactive ketones (excluding diaryl/α,β-unsaturated/α-hetero) is 1. The molecule has 3 nitrogen and oxygen atoms in total. The van der Waals surface area contributed by atoms with Gasteiger partial charge in [-0.2, -0.15) is 0 Å². The Morgan fingerprint density at radius 2 is 1.88 bits per heavy atom. The Hall–Kier alpha value is -1.95. The molecule has 0 fully saturated rings. The van der Waals surface area contributed by atoms with Crippen LogP contribution in [-0.4, -0.2) is 19.0 Å². The predicted molar refractivity (Wildman–Crippen MR) is 61.9 cm³/mol. The number of benzene rings is 1. The first-order valence-corrected chi connectivity index (χ1v) is 5.13. The van der Waals surface area contributed by atoms with Crippen molar-refractivity contribution in [1.82, 2.24) is 0 Å². The number of rotatable bonds is 5. The second kappa shape index (κ2) is 5.82. The van der Waals surface area contributed by atoms with E-state index in [4.69, 9.17) is 15.9 Å². The summed E-state index contributed by atoms with van der Waals surface area (Å²) < 4.78 is 10.7. The first kappa shape index (κ1) is 12.1. The number of hydrogen-bond acceptors (Lipinski definition) is 3. The van der Waals surface area contributed by atoms with Crippen LogP contribution < -0.4 is 9.47 Å². The Labute approximate surface area is 95.4 Å². The summed E-state index contributed by atoms with van der Waals surface area (Å²) in [5.41, 5.74) is 0.439. The lowest BCUT2D eigenvalue weighted by atomic mass is 10.1. The van der Waals surface area contributed by atoms with Crippen LogP contribution in [0.5, 0.6) is 11.5 Å². The third-order valence-electron chi connectivity index (χ3n) is 1.94. The van der Waals surface area contributed by atoms with Gasteiger partial charge in [-0.15, -0.1) is 6.42 Å². The molecule has 0 saturated carbocycles. The van der Waals surface area contributed by atoms with Crippen LogP contribution in [0.15, 0.2) is 18.2 Å². The van der Waals surface area contributed by atoms with Crippen molar-refractivity contribution >= 4 is 5.78 Å². The van der Waals surface area contributed by atoms with E-state index in [1.54, 1.807) is 18.2 Å². The average Bonchev–Trinajstić information content (AvgIpc) is 2.31. The van der Waals surface area contributed by atoms with E-state index in [0.29, 0.717) is 30.3 Å². The highest BCUT2D eigenvalue weighted by atomic mass is 16.5. The van der Waals surface area contributed by atoms with Crippen molar-refractivity contribution in [3.63, 3.8) is 0 Å². The van der Waals surface area contributed by atoms with Crippen molar-refractivity contribution in [2.24, 2.45) is 0 Å². The van der Waals surface area contributed by atoms with Gasteiger partial charge in [-0.25, -0.2) is 0 Å². The largest absolute Gasteiger partial charge is 0.490 e. The highest BCUT2D eigenvalue weighted by molar-refractivity contribution is 6.08. The topological polar surface area (TPSA) is 35.5 Å². The molecule has 1 aromatic carbocycles. The molecule has 0 heterocycles. The van der Waals surface area contributed by atoms with Crippen LogP contribution in [0, 0.1) is 12.3 Å². The van der Waals surface area contributed by atoms with E-state index in [-0.39, 0.29) is 5.78 Å². The summed E-state index contributed by atoms with van der Waals surface area (Å²) in [6, 6.07) is 4.94. The molecule has 0 saturated heterocycles. The van der Waals surface area contributed by atoms with Crippen LogP contribution in [0.2, 0.25) is 0 Å². The van der Waals surface area contributed by atoms with Gasteiger partial charge in [0.1, 0.15) is 0 Å². The molecule has 0 amide bonds. The zero-order valence-corrected chi connectivity index (χ0v) is 9.45. The van der Waals surface area contributed by atoms with Crippen LogP contribution in [-0.2, 0) is 0 Å². The molecule has 0 aliphatic heterocycles. The van der Waals surface area contributed by atoms with Gasteiger partial charge in [0.05, 0.1) is 13.2 Å². The van der Waals surface area contributed by atoms with Crippen LogP contribution in [0.4, 0.5) is 0 Å². The fourth-order valence-electron chi connectivity index (χ4n) is 1.28. The summed E-state index contributed by atoms with van der Waals surface area (Å²) in [6.45, 7) is 4.80. The molecule has 3 heteroatoms. The first-order valence-electron chi connectivity index (χ1n) is 5.13.